The molecular weight excluding hydrogens is 248 g/mol. The van der Waals surface area contributed by atoms with E-state index in [0.717, 1.165) is 12.8 Å². The molecule has 1 saturated carbocycles. The summed E-state index contributed by atoms with van der Waals surface area (Å²) in [5.74, 6) is -1.08. The lowest BCUT2D eigenvalue weighted by Crippen LogP contribution is -2.52. The quantitative estimate of drug-likeness (QED) is 0.732. The van der Waals surface area contributed by atoms with Crippen LogP contribution in [0.2, 0.25) is 0 Å². The fourth-order valence-corrected chi connectivity index (χ4v) is 2.36. The Balaban J connectivity index is 1.94. The van der Waals surface area contributed by atoms with Gasteiger partial charge in [0.05, 0.1) is 13.0 Å². The maximum atomic E-state index is 12.1. The Morgan fingerprint density at radius 1 is 1.37 bits per heavy atom. The van der Waals surface area contributed by atoms with E-state index in [1.54, 1.807) is 18.7 Å². The maximum absolute atomic E-state index is 12.1. The van der Waals surface area contributed by atoms with Crippen molar-refractivity contribution in [2.75, 3.05) is 13.7 Å². The fraction of sp³-hybridized carbons (Fsp3) is 0.769. The van der Waals surface area contributed by atoms with Crippen molar-refractivity contribution in [1.82, 2.24) is 10.2 Å². The van der Waals surface area contributed by atoms with E-state index in [1.807, 2.05) is 0 Å². The Morgan fingerprint density at radius 3 is 2.53 bits per heavy atom. The van der Waals surface area contributed by atoms with Crippen LogP contribution in [0.5, 0.6) is 0 Å². The first kappa shape index (κ1) is 13.8. The summed E-state index contributed by atoms with van der Waals surface area (Å²) in [6, 6.07) is 0.332. The zero-order valence-electron chi connectivity index (χ0n) is 11.6. The number of amides is 2. The minimum absolute atomic E-state index is 0.0403. The second-order valence-electron chi connectivity index (χ2n) is 5.78. The highest BCUT2D eigenvalue weighted by Crippen LogP contribution is 2.32. The van der Waals surface area contributed by atoms with Crippen LogP contribution in [0.4, 0.5) is 0 Å². The van der Waals surface area contributed by atoms with Crippen molar-refractivity contribution < 1.29 is 19.1 Å². The molecule has 2 rings (SSSR count). The molecule has 6 nitrogen and oxygen atoms in total. The Labute approximate surface area is 112 Å². The molecule has 2 amide bonds. The molecule has 0 aromatic rings. The number of hydrogen-bond acceptors (Lipinski definition) is 4. The van der Waals surface area contributed by atoms with Crippen LogP contribution in [0.1, 0.15) is 33.1 Å². The molecule has 19 heavy (non-hydrogen) atoms. The van der Waals surface area contributed by atoms with Gasteiger partial charge in [0.1, 0.15) is 5.54 Å². The number of methoxy groups -OCH3 is 1. The van der Waals surface area contributed by atoms with E-state index < -0.39 is 11.5 Å². The molecule has 1 aliphatic heterocycles. The minimum atomic E-state index is -1.07. The third kappa shape index (κ3) is 2.88. The third-order valence-corrected chi connectivity index (χ3v) is 3.65. The normalized spacial score (nSPS) is 23.4. The van der Waals surface area contributed by atoms with E-state index in [-0.39, 0.29) is 24.2 Å². The Morgan fingerprint density at radius 2 is 2.00 bits per heavy atom. The Bertz CT molecular complexity index is 415. The summed E-state index contributed by atoms with van der Waals surface area (Å²) >= 11 is 0. The highest BCUT2D eigenvalue weighted by Gasteiger charge is 2.43. The third-order valence-electron chi connectivity index (χ3n) is 3.65. The molecule has 1 atom stereocenters. The molecule has 2 fully saturated rings. The second kappa shape index (κ2) is 4.83. The summed E-state index contributed by atoms with van der Waals surface area (Å²) in [7, 11) is 1.28. The molecular formula is C13H20N2O4. The summed E-state index contributed by atoms with van der Waals surface area (Å²) < 4.78 is 4.64. The predicted molar refractivity (Wildman–Crippen MR) is 67.1 cm³/mol. The standard InChI is InChI=1S/C13H20N2O4/c1-13(2,12(18)19-3)14-11(17)8-6-10(16)15(7-8)9-4-5-9/h8-9H,4-7H2,1-3H3,(H,14,17)/t8-/m1/s1. The van der Waals surface area contributed by atoms with Gasteiger partial charge in [0.15, 0.2) is 0 Å². The number of carbonyl (C=O) groups excluding carboxylic acids is 3. The van der Waals surface area contributed by atoms with Gasteiger partial charge in [0.2, 0.25) is 11.8 Å². The lowest BCUT2D eigenvalue weighted by molar-refractivity contribution is -0.149. The number of hydrogen-bond donors (Lipinski definition) is 1. The van der Waals surface area contributed by atoms with Crippen LogP contribution in [0, 0.1) is 5.92 Å². The second-order valence-corrected chi connectivity index (χ2v) is 5.78. The maximum Gasteiger partial charge on any atom is 0.330 e. The number of carbonyl (C=O) groups is 3. The molecule has 0 radical (unpaired) electrons. The molecule has 6 heteroatoms. The van der Waals surface area contributed by atoms with Crippen LogP contribution in [-0.4, -0.2) is 47.9 Å². The first-order valence-electron chi connectivity index (χ1n) is 6.55. The van der Waals surface area contributed by atoms with E-state index in [9.17, 15) is 14.4 Å². The lowest BCUT2D eigenvalue weighted by atomic mass is 10.0. The van der Waals surface area contributed by atoms with Crippen molar-refractivity contribution in [2.24, 2.45) is 5.92 Å². The van der Waals surface area contributed by atoms with Gasteiger partial charge < -0.3 is 15.0 Å². The predicted octanol–water partition coefficient (Wildman–Crippen LogP) is 0.0651. The number of nitrogens with one attached hydrogen (secondary N) is 1. The van der Waals surface area contributed by atoms with E-state index >= 15 is 0 Å². The molecule has 0 aromatic heterocycles. The molecule has 0 bridgehead atoms. The van der Waals surface area contributed by atoms with E-state index in [1.165, 1.54) is 7.11 Å². The number of rotatable bonds is 4. The summed E-state index contributed by atoms with van der Waals surface area (Å²) in [5.41, 5.74) is -1.07. The van der Waals surface area contributed by atoms with Crippen LogP contribution in [0.3, 0.4) is 0 Å². The van der Waals surface area contributed by atoms with Gasteiger partial charge in [0, 0.05) is 19.0 Å². The van der Waals surface area contributed by atoms with Gasteiger partial charge in [-0.3, -0.25) is 9.59 Å². The van der Waals surface area contributed by atoms with Crippen LogP contribution >= 0.6 is 0 Å². The van der Waals surface area contributed by atoms with Crippen LogP contribution in [0.25, 0.3) is 0 Å². The van der Waals surface area contributed by atoms with E-state index in [0.29, 0.717) is 12.6 Å². The number of nitrogens with zero attached hydrogens (tertiary/aromatic N) is 1. The molecule has 2 aliphatic rings. The molecule has 1 N–H and O–H groups in total. The van der Waals surface area contributed by atoms with Gasteiger partial charge in [-0.1, -0.05) is 0 Å². The molecule has 106 valence electrons. The molecule has 1 aliphatic carbocycles. The summed E-state index contributed by atoms with van der Waals surface area (Å²) in [4.78, 5) is 37.2. The van der Waals surface area contributed by atoms with Gasteiger partial charge >= 0.3 is 5.97 Å². The lowest BCUT2D eigenvalue weighted by Gasteiger charge is -2.24. The zero-order valence-corrected chi connectivity index (χ0v) is 11.6. The van der Waals surface area contributed by atoms with Crippen molar-refractivity contribution in [3.63, 3.8) is 0 Å². The van der Waals surface area contributed by atoms with E-state index in [4.69, 9.17) is 0 Å². The van der Waals surface area contributed by atoms with Crippen molar-refractivity contribution >= 4 is 17.8 Å². The van der Waals surface area contributed by atoms with Crippen molar-refractivity contribution in [3.8, 4) is 0 Å². The summed E-state index contributed by atoms with van der Waals surface area (Å²) in [5, 5.41) is 2.66. The molecule has 1 saturated heterocycles. The zero-order chi connectivity index (χ0) is 14.2. The topological polar surface area (TPSA) is 75.7 Å². The highest BCUT2D eigenvalue weighted by atomic mass is 16.5. The molecule has 0 unspecified atom stereocenters. The van der Waals surface area contributed by atoms with Gasteiger partial charge in [-0.25, -0.2) is 4.79 Å². The first-order valence-corrected chi connectivity index (χ1v) is 6.55. The first-order chi connectivity index (χ1) is 8.85. The summed E-state index contributed by atoms with van der Waals surface area (Å²) in [6.07, 6.45) is 2.31. The minimum Gasteiger partial charge on any atom is -0.467 e. The van der Waals surface area contributed by atoms with E-state index in [2.05, 4.69) is 10.1 Å². The largest absolute Gasteiger partial charge is 0.467 e. The van der Waals surface area contributed by atoms with Crippen molar-refractivity contribution in [3.05, 3.63) is 0 Å². The molecule has 1 heterocycles. The number of esters is 1. The Kier molecular flexibility index (Phi) is 3.52. The molecule has 0 aromatic carbocycles. The van der Waals surface area contributed by atoms with Crippen LogP contribution < -0.4 is 5.32 Å². The monoisotopic (exact) mass is 268 g/mol. The molecule has 0 spiro atoms. The average molecular weight is 268 g/mol. The smallest absolute Gasteiger partial charge is 0.330 e. The number of likely N-dealkylation sites (tertiary alicyclic amines) is 1. The Hall–Kier alpha value is -1.59. The SMILES string of the molecule is COC(=O)C(C)(C)NC(=O)[C@@H]1CC(=O)N(C2CC2)C1. The van der Waals surface area contributed by atoms with Gasteiger partial charge in [-0.2, -0.15) is 0 Å². The number of ether oxygens (including phenoxy) is 1. The average Bonchev–Trinajstić information content (AvgIpc) is 3.10. The van der Waals surface area contributed by atoms with Gasteiger partial charge in [0.25, 0.3) is 0 Å². The van der Waals surface area contributed by atoms with Crippen molar-refractivity contribution in [2.45, 2.75) is 44.7 Å². The summed E-state index contributed by atoms with van der Waals surface area (Å²) in [6.45, 7) is 3.64. The van der Waals surface area contributed by atoms with Crippen molar-refractivity contribution in [1.29, 1.82) is 0 Å². The fourth-order valence-electron chi connectivity index (χ4n) is 2.36. The van der Waals surface area contributed by atoms with Crippen LogP contribution in [-0.2, 0) is 19.1 Å². The highest BCUT2D eigenvalue weighted by molar-refractivity contribution is 5.93. The van der Waals surface area contributed by atoms with Gasteiger partial charge in [-0.05, 0) is 26.7 Å². The van der Waals surface area contributed by atoms with Crippen LogP contribution in [0.15, 0.2) is 0 Å². The van der Waals surface area contributed by atoms with Gasteiger partial charge in [-0.15, -0.1) is 0 Å².